The standard InChI is InChI=1S/C25H25N7O/c1-18-21(29-25-26-14-13-22(30-25)19-8-3-2-4-9-19)11-7-17-31(18)24(33)20-10-5-6-12-23(20)32-27-15-16-28-32/h2-6,8-10,12-16,18,21H,7,11,17H2,1H3,(H,26,29,30)/t18-,21?/m0/s1. The molecule has 3 heterocycles. The molecular weight excluding hydrogens is 414 g/mol. The summed E-state index contributed by atoms with van der Waals surface area (Å²) in [5.41, 5.74) is 3.17. The Balaban J connectivity index is 1.36. The third-order valence-electron chi connectivity index (χ3n) is 6.06. The highest BCUT2D eigenvalue weighted by Crippen LogP contribution is 2.25. The lowest BCUT2D eigenvalue weighted by molar-refractivity contribution is 0.0616. The molecule has 4 aromatic rings. The molecule has 1 saturated heterocycles. The summed E-state index contributed by atoms with van der Waals surface area (Å²) in [5, 5.41) is 11.9. The number of hydrogen-bond donors (Lipinski definition) is 1. The molecule has 2 aromatic heterocycles. The smallest absolute Gasteiger partial charge is 0.256 e. The van der Waals surface area contributed by atoms with Gasteiger partial charge in [-0.05, 0) is 38.0 Å². The van der Waals surface area contributed by atoms with Gasteiger partial charge in [0.2, 0.25) is 5.95 Å². The highest BCUT2D eigenvalue weighted by Gasteiger charge is 2.33. The molecule has 0 saturated carbocycles. The summed E-state index contributed by atoms with van der Waals surface area (Å²) < 4.78 is 0. The van der Waals surface area contributed by atoms with Gasteiger partial charge in [0, 0.05) is 30.4 Å². The van der Waals surface area contributed by atoms with Gasteiger partial charge in [0.1, 0.15) is 0 Å². The molecule has 0 aliphatic carbocycles. The predicted octanol–water partition coefficient (Wildman–Crippen LogP) is 3.83. The lowest BCUT2D eigenvalue weighted by atomic mass is 9.96. The van der Waals surface area contributed by atoms with Crippen molar-refractivity contribution < 1.29 is 4.79 Å². The minimum Gasteiger partial charge on any atom is -0.349 e. The SMILES string of the molecule is C[C@H]1C(Nc2nccc(-c3ccccc3)n2)CCCN1C(=O)c1ccccc1-n1nccn1. The number of nitrogens with zero attached hydrogens (tertiary/aromatic N) is 6. The van der Waals surface area contributed by atoms with E-state index in [0.29, 0.717) is 23.7 Å². The third-order valence-corrected chi connectivity index (χ3v) is 6.06. The van der Waals surface area contributed by atoms with Crippen molar-refractivity contribution in [1.29, 1.82) is 0 Å². The summed E-state index contributed by atoms with van der Waals surface area (Å²) in [6.07, 6.45) is 6.81. The van der Waals surface area contributed by atoms with Crippen LogP contribution in [0.4, 0.5) is 5.95 Å². The highest BCUT2D eigenvalue weighted by atomic mass is 16.2. The van der Waals surface area contributed by atoms with Crippen LogP contribution in [0, 0.1) is 0 Å². The largest absolute Gasteiger partial charge is 0.349 e. The van der Waals surface area contributed by atoms with E-state index in [-0.39, 0.29) is 18.0 Å². The van der Waals surface area contributed by atoms with Gasteiger partial charge < -0.3 is 10.2 Å². The summed E-state index contributed by atoms with van der Waals surface area (Å²) in [5.74, 6) is 0.546. The van der Waals surface area contributed by atoms with Crippen molar-refractivity contribution in [1.82, 2.24) is 29.9 Å². The monoisotopic (exact) mass is 439 g/mol. The first kappa shape index (κ1) is 20.8. The van der Waals surface area contributed by atoms with Crippen molar-refractivity contribution in [2.24, 2.45) is 0 Å². The summed E-state index contributed by atoms with van der Waals surface area (Å²) >= 11 is 0. The van der Waals surface area contributed by atoms with Crippen LogP contribution in [0.15, 0.2) is 79.3 Å². The molecule has 166 valence electrons. The molecule has 1 amide bonds. The molecule has 33 heavy (non-hydrogen) atoms. The molecular formula is C25H25N7O. The summed E-state index contributed by atoms with van der Waals surface area (Å²) in [4.78, 5) is 26.1. The lowest BCUT2D eigenvalue weighted by Crippen LogP contribution is -2.52. The number of para-hydroxylation sites is 1. The van der Waals surface area contributed by atoms with Gasteiger partial charge >= 0.3 is 0 Å². The zero-order chi connectivity index (χ0) is 22.6. The Bertz CT molecular complexity index is 1230. The maximum Gasteiger partial charge on any atom is 0.256 e. The van der Waals surface area contributed by atoms with Crippen LogP contribution >= 0.6 is 0 Å². The highest BCUT2D eigenvalue weighted by molar-refractivity contribution is 5.98. The van der Waals surface area contributed by atoms with Gasteiger partial charge in [-0.1, -0.05) is 42.5 Å². The summed E-state index contributed by atoms with van der Waals surface area (Å²) in [7, 11) is 0. The van der Waals surface area contributed by atoms with Crippen molar-refractivity contribution in [2.45, 2.75) is 31.8 Å². The van der Waals surface area contributed by atoms with Gasteiger partial charge in [0.05, 0.1) is 29.3 Å². The zero-order valence-corrected chi connectivity index (χ0v) is 18.4. The fraction of sp³-hybridized carbons (Fsp3) is 0.240. The Hall–Kier alpha value is -4.07. The quantitative estimate of drug-likeness (QED) is 0.508. The predicted molar refractivity (Wildman–Crippen MR) is 126 cm³/mol. The van der Waals surface area contributed by atoms with E-state index >= 15 is 0 Å². The third kappa shape index (κ3) is 4.32. The first-order valence-electron chi connectivity index (χ1n) is 11.1. The van der Waals surface area contributed by atoms with Crippen molar-refractivity contribution in [3.63, 3.8) is 0 Å². The lowest BCUT2D eigenvalue weighted by Gasteiger charge is -2.40. The van der Waals surface area contributed by atoms with E-state index in [9.17, 15) is 4.79 Å². The van der Waals surface area contributed by atoms with Crippen molar-refractivity contribution in [3.8, 4) is 16.9 Å². The summed E-state index contributed by atoms with van der Waals surface area (Å²) in [6, 6.07) is 19.4. The second-order valence-corrected chi connectivity index (χ2v) is 8.10. The number of nitrogens with one attached hydrogen (secondary N) is 1. The van der Waals surface area contributed by atoms with E-state index in [4.69, 9.17) is 4.98 Å². The first-order valence-corrected chi connectivity index (χ1v) is 11.1. The zero-order valence-electron chi connectivity index (χ0n) is 18.4. The average Bonchev–Trinajstić information content (AvgIpc) is 3.41. The second-order valence-electron chi connectivity index (χ2n) is 8.10. The van der Waals surface area contributed by atoms with E-state index in [1.807, 2.05) is 65.6 Å². The Kier molecular flexibility index (Phi) is 5.80. The number of likely N-dealkylation sites (tertiary alicyclic amines) is 1. The number of aromatic nitrogens is 5. The van der Waals surface area contributed by atoms with Crippen molar-refractivity contribution in [2.75, 3.05) is 11.9 Å². The number of rotatable bonds is 5. The molecule has 2 aromatic carbocycles. The van der Waals surface area contributed by atoms with E-state index in [1.54, 1.807) is 18.6 Å². The fourth-order valence-electron chi connectivity index (χ4n) is 4.31. The topological polar surface area (TPSA) is 88.8 Å². The maximum absolute atomic E-state index is 13.6. The molecule has 5 rings (SSSR count). The van der Waals surface area contributed by atoms with Crippen LogP contribution < -0.4 is 5.32 Å². The van der Waals surface area contributed by atoms with Gasteiger partial charge in [0.25, 0.3) is 5.91 Å². The number of anilines is 1. The number of hydrogen-bond acceptors (Lipinski definition) is 6. The Morgan fingerprint density at radius 1 is 0.970 bits per heavy atom. The van der Waals surface area contributed by atoms with E-state index in [0.717, 1.165) is 24.1 Å². The average molecular weight is 440 g/mol. The van der Waals surface area contributed by atoms with Gasteiger partial charge in [-0.15, -0.1) is 0 Å². The van der Waals surface area contributed by atoms with Crippen LogP contribution in [-0.2, 0) is 0 Å². The molecule has 1 aliphatic heterocycles. The Morgan fingerprint density at radius 2 is 1.73 bits per heavy atom. The minimum absolute atomic E-state index is 0.0270. The summed E-state index contributed by atoms with van der Waals surface area (Å²) in [6.45, 7) is 2.77. The molecule has 0 radical (unpaired) electrons. The second kappa shape index (κ2) is 9.20. The van der Waals surface area contributed by atoms with Crippen LogP contribution in [0.25, 0.3) is 16.9 Å². The first-order chi connectivity index (χ1) is 16.2. The molecule has 0 bridgehead atoms. The van der Waals surface area contributed by atoms with E-state index in [1.165, 1.54) is 4.80 Å². The molecule has 0 spiro atoms. The van der Waals surface area contributed by atoms with Gasteiger partial charge in [0.15, 0.2) is 0 Å². The van der Waals surface area contributed by atoms with E-state index in [2.05, 4.69) is 27.4 Å². The maximum atomic E-state index is 13.6. The number of amides is 1. The molecule has 1 aliphatic rings. The minimum atomic E-state index is -0.0335. The van der Waals surface area contributed by atoms with Crippen LogP contribution in [0.5, 0.6) is 0 Å². The molecule has 1 unspecified atom stereocenters. The molecule has 8 heteroatoms. The van der Waals surface area contributed by atoms with Crippen LogP contribution in [0.1, 0.15) is 30.1 Å². The molecule has 1 fully saturated rings. The van der Waals surface area contributed by atoms with Crippen molar-refractivity contribution in [3.05, 3.63) is 84.8 Å². The molecule has 2 atom stereocenters. The van der Waals surface area contributed by atoms with Crippen LogP contribution in [0.3, 0.4) is 0 Å². The van der Waals surface area contributed by atoms with Gasteiger partial charge in [-0.25, -0.2) is 9.97 Å². The van der Waals surface area contributed by atoms with Gasteiger partial charge in [-0.3, -0.25) is 4.79 Å². The molecule has 1 N–H and O–H groups in total. The van der Waals surface area contributed by atoms with Crippen molar-refractivity contribution >= 4 is 11.9 Å². The normalized spacial score (nSPS) is 18.2. The number of piperidine rings is 1. The Morgan fingerprint density at radius 3 is 2.55 bits per heavy atom. The number of benzene rings is 2. The van der Waals surface area contributed by atoms with Crippen LogP contribution in [-0.4, -0.2) is 54.4 Å². The number of carbonyl (C=O) groups is 1. The number of carbonyl (C=O) groups excluding carboxylic acids is 1. The van der Waals surface area contributed by atoms with E-state index < -0.39 is 0 Å². The molecule has 8 nitrogen and oxygen atoms in total. The fourth-order valence-corrected chi connectivity index (χ4v) is 4.31. The Labute approximate surface area is 192 Å². The van der Waals surface area contributed by atoms with Crippen LogP contribution in [0.2, 0.25) is 0 Å². The van der Waals surface area contributed by atoms with Gasteiger partial charge in [-0.2, -0.15) is 15.0 Å².